The van der Waals surface area contributed by atoms with Crippen LogP contribution < -0.4 is 5.73 Å². The van der Waals surface area contributed by atoms with Crippen molar-refractivity contribution in [2.24, 2.45) is 11.7 Å². The van der Waals surface area contributed by atoms with Gasteiger partial charge < -0.3 is 5.73 Å². The molecule has 2 nitrogen and oxygen atoms in total. The number of halogens is 1. The largest absolute Gasteiger partial charge is 0.326 e. The van der Waals surface area contributed by atoms with E-state index in [9.17, 15) is 0 Å². The van der Waals surface area contributed by atoms with E-state index in [1.807, 2.05) is 0 Å². The van der Waals surface area contributed by atoms with Crippen molar-refractivity contribution in [3.8, 4) is 0 Å². The molecular weight excluding hydrogens is 324 g/mol. The molecule has 118 valence electrons. The van der Waals surface area contributed by atoms with Crippen molar-refractivity contribution in [2.45, 2.75) is 64.1 Å². The normalized spacial score (nSPS) is 25.8. The summed E-state index contributed by atoms with van der Waals surface area (Å²) in [6.45, 7) is 4.44. The minimum absolute atomic E-state index is 0.123. The van der Waals surface area contributed by atoms with E-state index in [-0.39, 0.29) is 12.1 Å². The number of nitrogens with zero attached hydrogens (tertiary/aromatic N) is 1. The van der Waals surface area contributed by atoms with Gasteiger partial charge in [0.2, 0.25) is 0 Å². The summed E-state index contributed by atoms with van der Waals surface area (Å²) in [7, 11) is 2.25. The molecule has 1 aliphatic rings. The Morgan fingerprint density at radius 3 is 2.38 bits per heavy atom. The highest BCUT2D eigenvalue weighted by atomic mass is 79.9. The molecule has 1 aromatic rings. The maximum atomic E-state index is 6.34. The van der Waals surface area contributed by atoms with E-state index in [4.69, 9.17) is 5.73 Å². The van der Waals surface area contributed by atoms with Crippen molar-refractivity contribution in [1.82, 2.24) is 4.90 Å². The van der Waals surface area contributed by atoms with Crippen molar-refractivity contribution in [3.63, 3.8) is 0 Å². The fourth-order valence-corrected chi connectivity index (χ4v) is 4.30. The average molecular weight is 353 g/mol. The third kappa shape index (κ3) is 4.08. The quantitative estimate of drug-likeness (QED) is 0.829. The maximum absolute atomic E-state index is 6.34. The molecule has 2 unspecified atom stereocenters. The summed E-state index contributed by atoms with van der Waals surface area (Å²) in [4.78, 5) is 2.52. The molecule has 21 heavy (non-hydrogen) atoms. The SMILES string of the molecule is CCC1CCC(N(C)C(c2ccccc2Br)C(C)N)CC1. The van der Waals surface area contributed by atoms with E-state index < -0.39 is 0 Å². The molecule has 2 N–H and O–H groups in total. The molecule has 1 saturated carbocycles. The van der Waals surface area contributed by atoms with Crippen LogP contribution in [0.15, 0.2) is 28.7 Å². The van der Waals surface area contributed by atoms with Gasteiger partial charge in [0.25, 0.3) is 0 Å². The number of likely N-dealkylation sites (N-methyl/N-ethyl adjacent to an activating group) is 1. The second-order valence-electron chi connectivity index (χ2n) is 6.57. The van der Waals surface area contributed by atoms with Gasteiger partial charge in [0.05, 0.1) is 6.04 Å². The van der Waals surface area contributed by atoms with Gasteiger partial charge in [-0.1, -0.05) is 47.5 Å². The molecule has 3 heteroatoms. The topological polar surface area (TPSA) is 29.3 Å². The smallest absolute Gasteiger partial charge is 0.0507 e. The summed E-state index contributed by atoms with van der Waals surface area (Å²) < 4.78 is 1.17. The molecule has 0 aromatic heterocycles. The molecule has 1 aromatic carbocycles. The molecular formula is C18H29BrN2. The number of hydrogen-bond donors (Lipinski definition) is 1. The van der Waals surface area contributed by atoms with Gasteiger partial charge in [0.15, 0.2) is 0 Å². The zero-order chi connectivity index (χ0) is 15.4. The predicted octanol–water partition coefficient (Wildman–Crippen LogP) is 4.74. The number of nitrogens with two attached hydrogens (primary N) is 1. The van der Waals surface area contributed by atoms with Gasteiger partial charge in [0.1, 0.15) is 0 Å². The molecule has 0 amide bonds. The first-order chi connectivity index (χ1) is 10.0. The average Bonchev–Trinajstić information content (AvgIpc) is 2.49. The van der Waals surface area contributed by atoms with Crippen molar-refractivity contribution in [2.75, 3.05) is 7.05 Å². The van der Waals surface area contributed by atoms with Crippen LogP contribution in [-0.2, 0) is 0 Å². The van der Waals surface area contributed by atoms with E-state index in [1.165, 1.54) is 42.1 Å². The Kier molecular flexibility index (Phi) is 6.27. The molecule has 0 radical (unpaired) electrons. The van der Waals surface area contributed by atoms with Crippen molar-refractivity contribution < 1.29 is 0 Å². The number of rotatable bonds is 5. The van der Waals surface area contributed by atoms with Crippen molar-refractivity contribution >= 4 is 15.9 Å². The predicted molar refractivity (Wildman–Crippen MR) is 94.3 cm³/mol. The Hall–Kier alpha value is -0.380. The van der Waals surface area contributed by atoms with Crippen LogP contribution in [0.4, 0.5) is 0 Å². The molecule has 0 aliphatic heterocycles. The lowest BCUT2D eigenvalue weighted by molar-refractivity contribution is 0.107. The number of benzene rings is 1. The first-order valence-corrected chi connectivity index (χ1v) is 9.05. The first-order valence-electron chi connectivity index (χ1n) is 8.26. The Morgan fingerprint density at radius 1 is 1.24 bits per heavy atom. The summed E-state index contributed by atoms with van der Waals surface area (Å²) in [6.07, 6.45) is 6.68. The first kappa shape index (κ1) is 17.0. The van der Waals surface area contributed by atoms with E-state index in [1.54, 1.807) is 0 Å². The van der Waals surface area contributed by atoms with Gasteiger partial charge in [-0.25, -0.2) is 0 Å². The second-order valence-corrected chi connectivity index (χ2v) is 7.43. The van der Waals surface area contributed by atoms with Gasteiger partial charge in [-0.05, 0) is 57.2 Å². The fraction of sp³-hybridized carbons (Fsp3) is 0.667. The van der Waals surface area contributed by atoms with E-state index in [0.29, 0.717) is 6.04 Å². The fourth-order valence-electron chi connectivity index (χ4n) is 3.78. The lowest BCUT2D eigenvalue weighted by Crippen LogP contribution is -2.44. The van der Waals surface area contributed by atoms with Crippen LogP contribution in [-0.4, -0.2) is 24.0 Å². The Morgan fingerprint density at radius 2 is 1.86 bits per heavy atom. The highest BCUT2D eigenvalue weighted by Gasteiger charge is 2.30. The minimum Gasteiger partial charge on any atom is -0.326 e. The molecule has 0 spiro atoms. The summed E-state index contributed by atoms with van der Waals surface area (Å²) >= 11 is 3.70. The maximum Gasteiger partial charge on any atom is 0.0507 e. The minimum atomic E-state index is 0.123. The molecule has 0 saturated heterocycles. The van der Waals surface area contributed by atoms with Crippen LogP contribution in [0.25, 0.3) is 0 Å². The Bertz CT molecular complexity index is 439. The molecule has 1 fully saturated rings. The van der Waals surface area contributed by atoms with Crippen molar-refractivity contribution in [1.29, 1.82) is 0 Å². The number of hydrogen-bond acceptors (Lipinski definition) is 2. The van der Waals surface area contributed by atoms with E-state index >= 15 is 0 Å². The second kappa shape index (κ2) is 7.75. The summed E-state index contributed by atoms with van der Waals surface area (Å²) in [6, 6.07) is 9.56. The third-order valence-electron chi connectivity index (χ3n) is 5.13. The zero-order valence-electron chi connectivity index (χ0n) is 13.6. The van der Waals surface area contributed by atoms with Crippen molar-refractivity contribution in [3.05, 3.63) is 34.3 Å². The molecule has 0 heterocycles. The van der Waals surface area contributed by atoms with Crippen LogP contribution in [0.1, 0.15) is 57.6 Å². The van der Waals surface area contributed by atoms with Gasteiger partial charge >= 0.3 is 0 Å². The molecule has 1 aliphatic carbocycles. The van der Waals surface area contributed by atoms with Crippen LogP contribution >= 0.6 is 15.9 Å². The Labute approximate surface area is 138 Å². The summed E-state index contributed by atoms with van der Waals surface area (Å²) in [5.74, 6) is 0.937. The van der Waals surface area contributed by atoms with Gasteiger partial charge in [-0.3, -0.25) is 4.90 Å². The highest BCUT2D eigenvalue weighted by molar-refractivity contribution is 9.10. The Balaban J connectivity index is 2.14. The van der Waals surface area contributed by atoms with Gasteiger partial charge in [-0.2, -0.15) is 0 Å². The zero-order valence-corrected chi connectivity index (χ0v) is 15.1. The molecule has 0 bridgehead atoms. The highest BCUT2D eigenvalue weighted by Crippen LogP contribution is 2.35. The lowest BCUT2D eigenvalue weighted by atomic mass is 9.83. The van der Waals surface area contributed by atoms with Crippen LogP contribution in [0, 0.1) is 5.92 Å². The molecule has 2 atom stereocenters. The van der Waals surface area contributed by atoms with E-state index in [2.05, 4.69) is 66.0 Å². The summed E-state index contributed by atoms with van der Waals surface area (Å²) in [5.41, 5.74) is 7.65. The van der Waals surface area contributed by atoms with Gasteiger partial charge in [0, 0.05) is 16.6 Å². The van der Waals surface area contributed by atoms with Crippen LogP contribution in [0.3, 0.4) is 0 Å². The third-order valence-corrected chi connectivity index (χ3v) is 5.85. The van der Waals surface area contributed by atoms with Crippen LogP contribution in [0.2, 0.25) is 0 Å². The van der Waals surface area contributed by atoms with Crippen LogP contribution in [0.5, 0.6) is 0 Å². The monoisotopic (exact) mass is 352 g/mol. The molecule has 2 rings (SSSR count). The standard InChI is InChI=1S/C18H29BrN2/c1-4-14-9-11-15(12-10-14)21(3)18(13(2)20)16-7-5-6-8-17(16)19/h5-8,13-15,18H,4,9-12,20H2,1-3H3. The van der Waals surface area contributed by atoms with E-state index in [0.717, 1.165) is 5.92 Å². The summed E-state index contributed by atoms with van der Waals surface area (Å²) in [5, 5.41) is 0. The lowest BCUT2D eigenvalue weighted by Gasteiger charge is -2.41. The van der Waals surface area contributed by atoms with Gasteiger partial charge in [-0.15, -0.1) is 0 Å².